The van der Waals surface area contributed by atoms with E-state index in [2.05, 4.69) is 46.4 Å². The summed E-state index contributed by atoms with van der Waals surface area (Å²) < 4.78 is 37.5. The molecule has 24 N–H and O–H groups in total. The molecule has 0 spiro atoms. The maximum absolute atomic E-state index is 14.3. The lowest BCUT2D eigenvalue weighted by molar-refractivity contribution is -0.307. The first kappa shape index (κ1) is 71.2. The van der Waals surface area contributed by atoms with Crippen LogP contribution >= 0.6 is 23.5 Å². The van der Waals surface area contributed by atoms with E-state index in [1.807, 2.05) is 0 Å². The van der Waals surface area contributed by atoms with Crippen LogP contribution in [0.3, 0.4) is 0 Å². The van der Waals surface area contributed by atoms with Crippen LogP contribution in [0.25, 0.3) is 10.9 Å². The Bertz CT molecular complexity index is 2880. The van der Waals surface area contributed by atoms with E-state index in [1.54, 1.807) is 73.3 Å². The lowest BCUT2D eigenvalue weighted by atomic mass is 10.0. The maximum Gasteiger partial charge on any atom is 0.262 e. The van der Waals surface area contributed by atoms with Gasteiger partial charge in [-0.05, 0) is 71.7 Å². The van der Waals surface area contributed by atoms with E-state index in [0.717, 1.165) is 12.1 Å². The Kier molecular flexibility index (Phi) is 30.8. The fraction of sp³-hybridized carbons (Fsp3) is 0.388. The quantitative estimate of drug-likeness (QED) is 0.0165. The molecule has 4 aromatic rings. The van der Waals surface area contributed by atoms with Gasteiger partial charge in [-0.3, -0.25) is 38.4 Å². The van der Waals surface area contributed by atoms with Gasteiger partial charge in [0, 0.05) is 61.1 Å². The highest BCUT2D eigenvalue weighted by molar-refractivity contribution is 7.98. The van der Waals surface area contributed by atoms with E-state index in [0.29, 0.717) is 22.0 Å². The number of carboxylic acid groups (broad SMARTS) is 2. The number of para-hydroxylation sites is 1. The van der Waals surface area contributed by atoms with E-state index in [1.165, 1.54) is 35.7 Å². The number of H-pyrrole nitrogens is 1. The summed E-state index contributed by atoms with van der Waals surface area (Å²) in [5.41, 5.74) is 13.4. The molecule has 1 aromatic heterocycles. The van der Waals surface area contributed by atoms with Gasteiger partial charge in [0.1, 0.15) is 42.0 Å². The summed E-state index contributed by atoms with van der Waals surface area (Å²) in [6.45, 7) is -0.777. The second-order valence-electron chi connectivity index (χ2n) is 17.5. The molecule has 29 nitrogen and oxygen atoms in total. The fourth-order valence-corrected chi connectivity index (χ4v) is 8.90. The first-order chi connectivity index (χ1) is 37.0. The van der Waals surface area contributed by atoms with Crippen molar-refractivity contribution in [2.75, 3.05) is 30.6 Å². The molecule has 32 heteroatoms. The SMILES string of the molecule is CSCCC(NC(=O)[C@H](Cc1c[nH]c2ccccc12)NC(=O)CNC(=O)[C@H](CCSC)NC(=O)[C@H](Cc1ccc(OS(=O)(=O)[O-])cc1)NC(=O)[C@@H](N)CC(=O)[O-])C(=O)N[C@@H](CC(=O)[O-])C(=O)N[C@@H](Cc1ccccc1)C(N)=O.[NH4+].[NH4+].[NH4+]. The van der Waals surface area contributed by atoms with E-state index in [9.17, 15) is 71.1 Å². The number of aromatic nitrogens is 1. The van der Waals surface area contributed by atoms with Gasteiger partial charge in [0.2, 0.25) is 47.3 Å². The number of benzene rings is 3. The van der Waals surface area contributed by atoms with Gasteiger partial charge in [-0.2, -0.15) is 23.5 Å². The highest BCUT2D eigenvalue weighted by atomic mass is 32.3. The van der Waals surface area contributed by atoms with E-state index in [4.69, 9.17) is 11.5 Å². The Morgan fingerprint density at radius 2 is 1.05 bits per heavy atom. The average molecular weight is 1190 g/mol. The van der Waals surface area contributed by atoms with Crippen molar-refractivity contribution in [2.45, 2.75) is 87.2 Å². The molecule has 0 fully saturated rings. The number of aliphatic carboxylic acids is 2. The van der Waals surface area contributed by atoms with Crippen molar-refractivity contribution < 1.29 is 75.3 Å². The molecular formula is C49H71N13O16S3. The van der Waals surface area contributed by atoms with Crippen LogP contribution in [0.5, 0.6) is 5.75 Å². The summed E-state index contributed by atoms with van der Waals surface area (Å²) in [4.78, 5) is 135. The number of aromatic amines is 1. The molecule has 7 atom stereocenters. The number of hydrogen-bond donors (Lipinski definition) is 13. The zero-order valence-electron chi connectivity index (χ0n) is 45.1. The molecule has 0 bridgehead atoms. The maximum atomic E-state index is 14.3. The molecule has 4 rings (SSSR count). The summed E-state index contributed by atoms with van der Waals surface area (Å²) in [6, 6.07) is 9.64. The predicted molar refractivity (Wildman–Crippen MR) is 298 cm³/mol. The topological polar surface area (TPSA) is 545 Å². The molecule has 0 aliphatic carbocycles. The van der Waals surface area contributed by atoms with Crippen molar-refractivity contribution in [3.05, 3.63) is 102 Å². The third kappa shape index (κ3) is 24.6. The third-order valence-corrected chi connectivity index (χ3v) is 13.2. The molecule has 3 aromatic carbocycles. The minimum absolute atomic E-state index is 0. The van der Waals surface area contributed by atoms with Gasteiger partial charge in [-0.25, -0.2) is 8.42 Å². The lowest BCUT2D eigenvalue weighted by Crippen LogP contribution is -2.59. The zero-order valence-corrected chi connectivity index (χ0v) is 47.6. The van der Waals surface area contributed by atoms with Gasteiger partial charge < -0.3 is 101 Å². The molecule has 0 saturated heterocycles. The van der Waals surface area contributed by atoms with E-state index >= 15 is 0 Å². The first-order valence-corrected chi connectivity index (χ1v) is 27.9. The van der Waals surface area contributed by atoms with Crippen LogP contribution in [0.1, 0.15) is 42.4 Å². The number of nitrogens with two attached hydrogens (primary N) is 2. The number of rotatable bonds is 33. The monoisotopic (exact) mass is 1190 g/mol. The normalized spacial score (nSPS) is 13.4. The lowest BCUT2D eigenvalue weighted by Gasteiger charge is -2.26. The van der Waals surface area contributed by atoms with Crippen LogP contribution in [-0.2, 0) is 77.6 Å². The summed E-state index contributed by atoms with van der Waals surface area (Å²) in [5.74, 6) is -11.0. The van der Waals surface area contributed by atoms with Gasteiger partial charge in [0.15, 0.2) is 0 Å². The largest absolute Gasteiger partial charge is 0.716 e. The Labute approximate surface area is 474 Å². The number of primary amides is 1. The van der Waals surface area contributed by atoms with Gasteiger partial charge in [0.25, 0.3) is 10.4 Å². The number of thioether (sulfide) groups is 2. The average Bonchev–Trinajstić information content (AvgIpc) is 3.80. The van der Waals surface area contributed by atoms with Gasteiger partial charge in [-0.15, -0.1) is 0 Å². The number of quaternary nitrogens is 3. The summed E-state index contributed by atoms with van der Waals surface area (Å²) >= 11 is 2.59. The molecule has 0 aliphatic rings. The molecule has 0 radical (unpaired) electrons. The van der Waals surface area contributed by atoms with Crippen molar-refractivity contribution in [2.24, 2.45) is 11.5 Å². The number of nitrogens with one attached hydrogen (secondary N) is 8. The second kappa shape index (κ2) is 35.0. The highest BCUT2D eigenvalue weighted by Gasteiger charge is 2.33. The number of fused-ring (bicyclic) bond motifs is 1. The standard InChI is InChI=1S/C49H62N10O16S3.3H3N/c1-76-18-16-34(55-47(69)37(58-44(66)32(50)23-41(61)62)21-28-12-14-30(15-13-28)75-78(72,73)74)45(67)53-26-40(60)54-38(22-29-25-52-33-11-7-6-10-31(29)33)48(70)56-35(17-19-77-2)46(68)59-39(24-42(63)64)49(71)57-36(43(51)65)20-27-8-4-3-5-9-27;;;/h3-15,25,32,34-39,52H,16-24,26,50H2,1-2H3,(H2,51,65)(H,53,67)(H,54,60)(H,55,69)(H,56,70)(H,57,71)(H,58,66)(H,59,68)(H,61,62)(H,63,64)(H,72,73,74);3*1H3/t32-,34-,35?,36-,37-,38-,39-;;;/m0.../s1. The zero-order chi connectivity index (χ0) is 57.5. The van der Waals surface area contributed by atoms with Crippen LogP contribution in [0.4, 0.5) is 0 Å². The molecular weight excluding hydrogens is 1120 g/mol. The third-order valence-electron chi connectivity index (χ3n) is 11.5. The Hall–Kier alpha value is -7.85. The van der Waals surface area contributed by atoms with Crippen molar-refractivity contribution in [1.29, 1.82) is 0 Å². The van der Waals surface area contributed by atoms with E-state index < -0.39 is 131 Å². The number of hydrogen-bond acceptors (Lipinski definition) is 19. The fourth-order valence-electron chi connectivity index (χ4n) is 7.61. The molecule has 0 aliphatic heterocycles. The van der Waals surface area contributed by atoms with Crippen molar-refractivity contribution in [3.8, 4) is 5.75 Å². The van der Waals surface area contributed by atoms with Crippen LogP contribution in [0.2, 0.25) is 0 Å². The number of amides is 8. The van der Waals surface area contributed by atoms with Gasteiger partial charge >= 0.3 is 0 Å². The molecule has 1 heterocycles. The predicted octanol–water partition coefficient (Wildman–Crippen LogP) is -3.21. The molecule has 446 valence electrons. The molecule has 8 amide bonds. The second-order valence-corrected chi connectivity index (χ2v) is 20.4. The number of carboxylic acids is 2. The Morgan fingerprint density at radius 3 is 1.60 bits per heavy atom. The summed E-state index contributed by atoms with van der Waals surface area (Å²) in [7, 11) is -5.13. The summed E-state index contributed by atoms with van der Waals surface area (Å²) in [5, 5.41) is 40.9. The molecule has 1 unspecified atom stereocenters. The highest BCUT2D eigenvalue weighted by Crippen LogP contribution is 2.20. The molecule has 0 saturated carbocycles. The van der Waals surface area contributed by atoms with Crippen LogP contribution < -0.4 is 81.5 Å². The van der Waals surface area contributed by atoms with Crippen molar-refractivity contribution in [1.82, 2.24) is 60.7 Å². The Balaban J connectivity index is 0.0000109. The van der Waals surface area contributed by atoms with Crippen LogP contribution in [-0.4, -0.2) is 150 Å². The smallest absolute Gasteiger partial charge is 0.262 e. The van der Waals surface area contributed by atoms with Gasteiger partial charge in [0.05, 0.1) is 12.6 Å². The number of carbonyl (C=O) groups is 10. The first-order valence-electron chi connectivity index (χ1n) is 23.8. The summed E-state index contributed by atoms with van der Waals surface area (Å²) in [6.07, 6.45) is 2.41. The number of carbonyl (C=O) groups excluding carboxylic acids is 10. The minimum Gasteiger partial charge on any atom is -0.716 e. The van der Waals surface area contributed by atoms with Gasteiger partial charge in [-0.1, -0.05) is 60.7 Å². The van der Waals surface area contributed by atoms with E-state index in [-0.39, 0.29) is 73.4 Å². The van der Waals surface area contributed by atoms with Crippen LogP contribution in [0, 0.1) is 0 Å². The van der Waals surface area contributed by atoms with Crippen LogP contribution in [0.15, 0.2) is 85.1 Å². The van der Waals surface area contributed by atoms with Crippen molar-refractivity contribution >= 4 is 104 Å². The van der Waals surface area contributed by atoms with Crippen molar-refractivity contribution in [3.63, 3.8) is 0 Å². The minimum atomic E-state index is -5.13. The Morgan fingerprint density at radius 1 is 0.580 bits per heavy atom. The molecule has 81 heavy (non-hydrogen) atoms.